The van der Waals surface area contributed by atoms with Crippen LogP contribution in [-0.4, -0.2) is 22.8 Å². The third-order valence-electron chi connectivity index (χ3n) is 1.12. The molecule has 0 saturated heterocycles. The van der Waals surface area contributed by atoms with Crippen LogP contribution in [0.25, 0.3) is 0 Å². The van der Waals surface area contributed by atoms with E-state index in [1.807, 2.05) is 6.79 Å². The minimum Gasteiger partial charge on any atom is -0.478 e. The normalized spacial score (nSPS) is 7.62. The lowest BCUT2D eigenvalue weighted by Crippen LogP contribution is -1.97. The Morgan fingerprint density at radius 2 is 2.23 bits per heavy atom. The maximum Gasteiger partial charge on any atom is 0.335 e. The maximum absolute atomic E-state index is 10.3. The predicted molar refractivity (Wildman–Crippen MR) is 43.0 cm³/mol. The summed E-state index contributed by atoms with van der Waals surface area (Å²) in [5.74, 6) is -1.05. The lowest BCUT2D eigenvalue weighted by molar-refractivity contribution is -0.0980. The first-order valence-corrected chi connectivity index (χ1v) is 3.12. The lowest BCUT2D eigenvalue weighted by atomic mass is 10.2. The van der Waals surface area contributed by atoms with E-state index in [9.17, 15) is 4.79 Å². The van der Waals surface area contributed by atoms with E-state index in [1.165, 1.54) is 18.3 Å². The molecule has 1 heterocycles. The summed E-state index contributed by atoms with van der Waals surface area (Å²) in [6.45, 7) is 2.00. The molecule has 1 aromatic rings. The van der Waals surface area contributed by atoms with Crippen LogP contribution < -0.4 is 0 Å². The molecule has 5 heteroatoms. The number of nitriles is 1. The molecular weight excluding hydrogens is 172 g/mol. The van der Waals surface area contributed by atoms with Gasteiger partial charge in [-0.3, -0.25) is 0 Å². The third kappa shape index (κ3) is 3.12. The Bertz CT molecular complexity index is 343. The van der Waals surface area contributed by atoms with Gasteiger partial charge in [0.05, 0.1) is 5.56 Å². The molecule has 66 valence electrons. The summed E-state index contributed by atoms with van der Waals surface area (Å²) in [5, 5.41) is 16.8. The zero-order valence-electron chi connectivity index (χ0n) is 6.60. The summed E-state index contributed by atoms with van der Waals surface area (Å²) in [6, 6.07) is 4.31. The molecule has 5 nitrogen and oxygen atoms in total. The summed E-state index contributed by atoms with van der Waals surface area (Å²) < 4.78 is 0. The van der Waals surface area contributed by atoms with Crippen molar-refractivity contribution in [1.82, 2.24) is 4.98 Å². The summed E-state index contributed by atoms with van der Waals surface area (Å²) in [5.41, 5.74) is 0.196. The maximum atomic E-state index is 10.3. The van der Waals surface area contributed by atoms with Crippen molar-refractivity contribution in [3.63, 3.8) is 0 Å². The molecule has 1 rings (SSSR count). The zero-order chi connectivity index (χ0) is 10.3. The van der Waals surface area contributed by atoms with Gasteiger partial charge in [-0.15, -0.1) is 0 Å². The van der Waals surface area contributed by atoms with Gasteiger partial charge in [0.15, 0.2) is 0 Å². The smallest absolute Gasteiger partial charge is 0.335 e. The molecule has 0 amide bonds. The van der Waals surface area contributed by atoms with Crippen molar-refractivity contribution >= 4 is 12.8 Å². The highest BCUT2D eigenvalue weighted by atomic mass is 16.4. The van der Waals surface area contributed by atoms with Crippen molar-refractivity contribution in [3.05, 3.63) is 29.6 Å². The zero-order valence-corrected chi connectivity index (χ0v) is 6.60. The Morgan fingerprint density at radius 3 is 2.69 bits per heavy atom. The van der Waals surface area contributed by atoms with Crippen LogP contribution in [0.1, 0.15) is 16.1 Å². The van der Waals surface area contributed by atoms with Crippen LogP contribution in [0, 0.1) is 11.3 Å². The van der Waals surface area contributed by atoms with Gasteiger partial charge in [0.2, 0.25) is 0 Å². The molecule has 13 heavy (non-hydrogen) atoms. The van der Waals surface area contributed by atoms with Crippen molar-refractivity contribution < 1.29 is 14.7 Å². The lowest BCUT2D eigenvalue weighted by Gasteiger charge is -1.91. The Kier molecular flexibility index (Phi) is 4.51. The van der Waals surface area contributed by atoms with Gasteiger partial charge in [0, 0.05) is 6.20 Å². The molecule has 1 aromatic heterocycles. The largest absolute Gasteiger partial charge is 0.478 e. The van der Waals surface area contributed by atoms with Gasteiger partial charge in [-0.25, -0.2) is 9.78 Å². The van der Waals surface area contributed by atoms with Gasteiger partial charge in [0.25, 0.3) is 0 Å². The number of aromatic nitrogens is 1. The van der Waals surface area contributed by atoms with Gasteiger partial charge in [-0.2, -0.15) is 5.26 Å². The van der Waals surface area contributed by atoms with Crippen LogP contribution in [-0.2, 0) is 4.79 Å². The fraction of sp³-hybridized carbons (Fsp3) is 0. The molecule has 0 aliphatic carbocycles. The van der Waals surface area contributed by atoms with Crippen molar-refractivity contribution in [2.45, 2.75) is 0 Å². The number of carboxylic acids is 1. The quantitative estimate of drug-likeness (QED) is 0.674. The van der Waals surface area contributed by atoms with Gasteiger partial charge in [0.1, 0.15) is 18.6 Å². The highest BCUT2D eigenvalue weighted by molar-refractivity contribution is 5.87. The van der Waals surface area contributed by atoms with E-state index >= 15 is 0 Å². The van der Waals surface area contributed by atoms with Gasteiger partial charge >= 0.3 is 5.97 Å². The first-order chi connectivity index (χ1) is 6.24. The SMILES string of the molecule is C=O.N#Cc1cc(C(=O)O)ccn1. The fourth-order valence-corrected chi connectivity index (χ4v) is 0.625. The summed E-state index contributed by atoms with van der Waals surface area (Å²) in [4.78, 5) is 21.9. The number of aromatic carboxylic acids is 1. The fourth-order valence-electron chi connectivity index (χ4n) is 0.625. The van der Waals surface area contributed by atoms with Crippen LogP contribution in [0.4, 0.5) is 0 Å². The number of rotatable bonds is 1. The predicted octanol–water partition coefficient (Wildman–Crippen LogP) is 0.467. The summed E-state index contributed by atoms with van der Waals surface area (Å²) in [7, 11) is 0. The Balaban J connectivity index is 0.000000671. The number of nitrogens with zero attached hydrogens (tertiary/aromatic N) is 2. The second-order valence-electron chi connectivity index (χ2n) is 1.85. The van der Waals surface area contributed by atoms with Gasteiger partial charge < -0.3 is 9.90 Å². The molecule has 0 aliphatic rings. The number of hydrogen-bond acceptors (Lipinski definition) is 4. The van der Waals surface area contributed by atoms with Crippen molar-refractivity contribution in [1.29, 1.82) is 5.26 Å². The van der Waals surface area contributed by atoms with E-state index in [4.69, 9.17) is 15.2 Å². The van der Waals surface area contributed by atoms with Gasteiger partial charge in [-0.1, -0.05) is 0 Å². The summed E-state index contributed by atoms with van der Waals surface area (Å²) >= 11 is 0. The minimum atomic E-state index is -1.05. The highest BCUT2D eigenvalue weighted by Crippen LogP contribution is 1.99. The van der Waals surface area contributed by atoms with Crippen LogP contribution in [0.15, 0.2) is 18.3 Å². The molecule has 0 unspecified atom stereocenters. The number of hydrogen-bond donors (Lipinski definition) is 1. The summed E-state index contributed by atoms with van der Waals surface area (Å²) in [6.07, 6.45) is 1.29. The molecule has 0 aromatic carbocycles. The molecule has 0 atom stereocenters. The molecule has 0 aliphatic heterocycles. The van der Waals surface area contributed by atoms with Crippen molar-refractivity contribution in [3.8, 4) is 6.07 Å². The molecule has 0 saturated carbocycles. The molecule has 0 radical (unpaired) electrons. The minimum absolute atomic E-state index is 0.0801. The molecule has 0 spiro atoms. The number of carbonyl (C=O) groups is 2. The average molecular weight is 178 g/mol. The number of carbonyl (C=O) groups excluding carboxylic acids is 1. The van der Waals surface area contributed by atoms with E-state index in [-0.39, 0.29) is 11.3 Å². The van der Waals surface area contributed by atoms with Gasteiger partial charge in [-0.05, 0) is 12.1 Å². The van der Waals surface area contributed by atoms with E-state index in [2.05, 4.69) is 4.98 Å². The van der Waals surface area contributed by atoms with Crippen LogP contribution >= 0.6 is 0 Å². The second-order valence-corrected chi connectivity index (χ2v) is 1.85. The van der Waals surface area contributed by atoms with Crippen LogP contribution in [0.3, 0.4) is 0 Å². The monoisotopic (exact) mass is 178 g/mol. The topological polar surface area (TPSA) is 91.0 Å². The highest BCUT2D eigenvalue weighted by Gasteiger charge is 2.02. The molecular formula is C8H6N2O3. The Labute approximate surface area is 74.3 Å². The van der Waals surface area contributed by atoms with E-state index in [1.54, 1.807) is 6.07 Å². The first-order valence-electron chi connectivity index (χ1n) is 3.12. The Morgan fingerprint density at radius 1 is 1.62 bits per heavy atom. The van der Waals surface area contributed by atoms with Crippen LogP contribution in [0.5, 0.6) is 0 Å². The number of carboxylic acid groups (broad SMARTS) is 1. The van der Waals surface area contributed by atoms with Crippen LogP contribution in [0.2, 0.25) is 0 Å². The Hall–Kier alpha value is -2.22. The van der Waals surface area contributed by atoms with E-state index < -0.39 is 5.97 Å². The van der Waals surface area contributed by atoms with Crippen molar-refractivity contribution in [2.75, 3.05) is 0 Å². The number of pyridine rings is 1. The van der Waals surface area contributed by atoms with Crippen molar-refractivity contribution in [2.24, 2.45) is 0 Å². The first kappa shape index (κ1) is 10.8. The van der Waals surface area contributed by atoms with E-state index in [0.717, 1.165) is 0 Å². The standard InChI is InChI=1S/C7H4N2O2.CH2O/c8-4-6-3-5(7(10)11)1-2-9-6;1-2/h1-3H,(H,10,11);1H2. The average Bonchev–Trinajstić information content (AvgIpc) is 2.21. The molecule has 0 fully saturated rings. The van der Waals surface area contributed by atoms with E-state index in [0.29, 0.717) is 0 Å². The second kappa shape index (κ2) is 5.43. The third-order valence-corrected chi connectivity index (χ3v) is 1.12. The molecule has 0 bridgehead atoms. The molecule has 1 N–H and O–H groups in total.